The van der Waals surface area contributed by atoms with Crippen molar-refractivity contribution in [1.82, 2.24) is 10.2 Å². The van der Waals surface area contributed by atoms with Gasteiger partial charge >= 0.3 is 0 Å². The van der Waals surface area contributed by atoms with Crippen molar-refractivity contribution in [2.45, 2.75) is 32.9 Å². The van der Waals surface area contributed by atoms with Gasteiger partial charge in [-0.3, -0.25) is 13.9 Å². The third kappa shape index (κ3) is 7.57. The average molecular weight is 542 g/mol. The van der Waals surface area contributed by atoms with Gasteiger partial charge in [0.2, 0.25) is 21.8 Å². The normalized spacial score (nSPS) is 12.0. The van der Waals surface area contributed by atoms with Gasteiger partial charge < -0.3 is 10.2 Å². The number of amides is 2. The lowest BCUT2D eigenvalue weighted by Crippen LogP contribution is -2.52. The van der Waals surface area contributed by atoms with Crippen LogP contribution in [-0.4, -0.2) is 51.0 Å². The highest BCUT2D eigenvalue weighted by Crippen LogP contribution is 2.25. The molecule has 0 aliphatic carbocycles. The summed E-state index contributed by atoms with van der Waals surface area (Å²) < 4.78 is 26.6. The first kappa shape index (κ1) is 28.2. The second kappa shape index (κ2) is 12.3. The fraction of sp³-hybridized carbons (Fsp3) is 0.286. The van der Waals surface area contributed by atoms with Crippen molar-refractivity contribution in [3.8, 4) is 0 Å². The van der Waals surface area contributed by atoms with E-state index in [1.165, 1.54) is 18.0 Å². The minimum absolute atomic E-state index is 0.135. The number of likely N-dealkylation sites (N-methyl/N-ethyl adjacent to an activating group) is 1. The summed E-state index contributed by atoms with van der Waals surface area (Å²) in [4.78, 5) is 28.4. The van der Waals surface area contributed by atoms with E-state index in [1.807, 2.05) is 68.4 Å². The fourth-order valence-corrected chi connectivity index (χ4v) is 4.98. The first-order valence-electron chi connectivity index (χ1n) is 11.8. The summed E-state index contributed by atoms with van der Waals surface area (Å²) in [6.07, 6.45) is 1.31. The van der Waals surface area contributed by atoms with Crippen molar-refractivity contribution in [1.29, 1.82) is 0 Å². The van der Waals surface area contributed by atoms with E-state index in [0.29, 0.717) is 5.02 Å². The molecule has 0 fully saturated rings. The number of hydrogen-bond acceptors (Lipinski definition) is 4. The Morgan fingerprint density at radius 1 is 0.946 bits per heavy atom. The van der Waals surface area contributed by atoms with Gasteiger partial charge in [-0.15, -0.1) is 0 Å². The summed E-state index contributed by atoms with van der Waals surface area (Å²) in [5.74, 6) is -0.846. The molecule has 0 aromatic heterocycles. The monoisotopic (exact) mass is 541 g/mol. The van der Waals surface area contributed by atoms with E-state index < -0.39 is 28.5 Å². The van der Waals surface area contributed by atoms with Crippen LogP contribution in [0, 0.1) is 13.8 Å². The van der Waals surface area contributed by atoms with Gasteiger partial charge in [0.05, 0.1) is 11.9 Å². The van der Waals surface area contributed by atoms with Crippen LogP contribution in [-0.2, 0) is 32.6 Å². The van der Waals surface area contributed by atoms with Crippen LogP contribution in [0.4, 0.5) is 5.69 Å². The molecule has 0 unspecified atom stereocenters. The second-order valence-electron chi connectivity index (χ2n) is 9.03. The summed E-state index contributed by atoms with van der Waals surface area (Å²) in [6, 6.07) is 21.0. The van der Waals surface area contributed by atoms with E-state index in [0.717, 1.165) is 32.8 Å². The highest BCUT2D eigenvalue weighted by molar-refractivity contribution is 7.92. The molecule has 0 aliphatic heterocycles. The molecule has 9 heteroatoms. The Bertz CT molecular complexity index is 1350. The van der Waals surface area contributed by atoms with Gasteiger partial charge in [-0.05, 0) is 42.7 Å². The molecule has 0 saturated carbocycles. The summed E-state index contributed by atoms with van der Waals surface area (Å²) in [6.45, 7) is 3.43. The largest absolute Gasteiger partial charge is 0.357 e. The lowest BCUT2D eigenvalue weighted by molar-refractivity contribution is -0.139. The maximum absolute atomic E-state index is 13.9. The van der Waals surface area contributed by atoms with Crippen molar-refractivity contribution in [2.24, 2.45) is 0 Å². The highest BCUT2D eigenvalue weighted by Gasteiger charge is 2.32. The van der Waals surface area contributed by atoms with Crippen LogP contribution in [0.5, 0.6) is 0 Å². The zero-order valence-electron chi connectivity index (χ0n) is 21.4. The quantitative estimate of drug-likeness (QED) is 0.418. The average Bonchev–Trinajstić information content (AvgIpc) is 2.87. The van der Waals surface area contributed by atoms with Gasteiger partial charge in [0, 0.05) is 25.0 Å². The highest BCUT2D eigenvalue weighted by atomic mass is 35.5. The predicted octanol–water partition coefficient (Wildman–Crippen LogP) is 4.11. The van der Waals surface area contributed by atoms with Crippen molar-refractivity contribution in [3.05, 3.63) is 100 Å². The molecular formula is C28H32ClN3O4S. The number of hydrogen-bond donors (Lipinski definition) is 1. The molecular weight excluding hydrogens is 510 g/mol. The molecule has 3 rings (SSSR count). The summed E-state index contributed by atoms with van der Waals surface area (Å²) in [5, 5.41) is 3.05. The molecule has 196 valence electrons. The van der Waals surface area contributed by atoms with Crippen LogP contribution >= 0.6 is 11.6 Å². The Hall–Kier alpha value is -3.36. The van der Waals surface area contributed by atoms with Gasteiger partial charge in [0.1, 0.15) is 12.6 Å². The minimum Gasteiger partial charge on any atom is -0.357 e. The van der Waals surface area contributed by atoms with Crippen LogP contribution in [0.1, 0.15) is 22.3 Å². The topological polar surface area (TPSA) is 86.8 Å². The van der Waals surface area contributed by atoms with Gasteiger partial charge in [0.15, 0.2) is 0 Å². The molecule has 3 aromatic carbocycles. The molecule has 0 radical (unpaired) electrons. The van der Waals surface area contributed by atoms with Gasteiger partial charge in [-0.2, -0.15) is 0 Å². The van der Waals surface area contributed by atoms with Crippen molar-refractivity contribution < 1.29 is 18.0 Å². The Labute approximate surface area is 224 Å². The first-order valence-corrected chi connectivity index (χ1v) is 14.1. The minimum atomic E-state index is -3.84. The van der Waals surface area contributed by atoms with Crippen molar-refractivity contribution in [2.75, 3.05) is 24.2 Å². The van der Waals surface area contributed by atoms with Crippen LogP contribution in [0.15, 0.2) is 72.8 Å². The van der Waals surface area contributed by atoms with Gasteiger partial charge in [0.25, 0.3) is 0 Å². The molecule has 1 N–H and O–H groups in total. The van der Waals surface area contributed by atoms with E-state index >= 15 is 0 Å². The molecule has 2 amide bonds. The number of carbonyl (C=O) groups excluding carboxylic acids is 2. The maximum atomic E-state index is 13.9. The van der Waals surface area contributed by atoms with Crippen LogP contribution in [0.25, 0.3) is 0 Å². The van der Waals surface area contributed by atoms with E-state index in [1.54, 1.807) is 12.1 Å². The number of nitrogens with one attached hydrogen (secondary N) is 1. The van der Waals surface area contributed by atoms with Gasteiger partial charge in [-0.25, -0.2) is 8.42 Å². The number of anilines is 1. The molecule has 0 spiro atoms. The van der Waals surface area contributed by atoms with E-state index in [-0.39, 0.29) is 24.6 Å². The number of aryl methyl sites for hydroxylation is 2. The van der Waals surface area contributed by atoms with E-state index in [9.17, 15) is 18.0 Å². The molecule has 37 heavy (non-hydrogen) atoms. The number of rotatable bonds is 10. The molecule has 0 saturated heterocycles. The van der Waals surface area contributed by atoms with Gasteiger partial charge in [-0.1, -0.05) is 77.8 Å². The van der Waals surface area contributed by atoms with Crippen LogP contribution in [0.3, 0.4) is 0 Å². The Kier molecular flexibility index (Phi) is 9.34. The summed E-state index contributed by atoms with van der Waals surface area (Å²) in [5.41, 5.74) is 3.83. The number of carbonyl (C=O) groups is 2. The lowest BCUT2D eigenvalue weighted by atomic mass is 10.0. The SMILES string of the molecule is CNC(=O)[C@@H](Cc1ccccc1)N(Cc1ccc(C)cc1)C(=O)CN(c1ccc(C)c(Cl)c1)S(C)(=O)=O. The number of nitrogens with zero attached hydrogens (tertiary/aromatic N) is 2. The Balaban J connectivity index is 2.03. The third-order valence-corrected chi connectivity index (χ3v) is 7.66. The van der Waals surface area contributed by atoms with Crippen molar-refractivity contribution >= 4 is 39.1 Å². The summed E-state index contributed by atoms with van der Waals surface area (Å²) >= 11 is 6.26. The number of sulfonamides is 1. The molecule has 0 bridgehead atoms. The van der Waals surface area contributed by atoms with E-state index in [4.69, 9.17) is 11.6 Å². The molecule has 1 atom stereocenters. The standard InChI is InChI=1S/C28H32ClN3O4S/c1-20-10-13-23(14-11-20)18-31(26(28(34)30-3)16-22-8-6-5-7-9-22)27(33)19-32(37(4,35)36)24-15-12-21(2)25(29)17-24/h5-15,17,26H,16,18-19H2,1-4H3,(H,30,34)/t26-/m1/s1. The molecule has 3 aromatic rings. The van der Waals surface area contributed by atoms with Crippen LogP contribution < -0.4 is 9.62 Å². The third-order valence-electron chi connectivity index (χ3n) is 6.11. The predicted molar refractivity (Wildman–Crippen MR) is 148 cm³/mol. The zero-order valence-corrected chi connectivity index (χ0v) is 23.0. The van der Waals surface area contributed by atoms with Crippen LogP contribution in [0.2, 0.25) is 5.02 Å². The Morgan fingerprint density at radius 2 is 1.59 bits per heavy atom. The zero-order chi connectivity index (χ0) is 27.2. The molecule has 0 aliphatic rings. The fourth-order valence-electron chi connectivity index (χ4n) is 3.96. The summed E-state index contributed by atoms with van der Waals surface area (Å²) in [7, 11) is -2.32. The Morgan fingerprint density at radius 3 is 2.16 bits per heavy atom. The second-order valence-corrected chi connectivity index (χ2v) is 11.3. The molecule has 7 nitrogen and oxygen atoms in total. The van der Waals surface area contributed by atoms with Crippen molar-refractivity contribution in [3.63, 3.8) is 0 Å². The first-order chi connectivity index (χ1) is 17.5. The molecule has 0 heterocycles. The lowest BCUT2D eigenvalue weighted by Gasteiger charge is -2.33. The van der Waals surface area contributed by atoms with E-state index in [2.05, 4.69) is 5.32 Å². The number of halogens is 1. The maximum Gasteiger partial charge on any atom is 0.244 e. The smallest absolute Gasteiger partial charge is 0.244 e. The number of benzene rings is 3.